The number of amides is 2. The Kier molecular flexibility index (Phi) is 8.79. The van der Waals surface area contributed by atoms with Gasteiger partial charge >= 0.3 is 5.97 Å². The van der Waals surface area contributed by atoms with Crippen molar-refractivity contribution < 1.29 is 53.5 Å². The molecule has 3 aliphatic heterocycles. The number of aliphatic hydroxyl groups excluding tert-OH is 3. The monoisotopic (exact) mass is 657 g/mol. The van der Waals surface area contributed by atoms with Crippen LogP contribution >= 0.6 is 0 Å². The van der Waals surface area contributed by atoms with Gasteiger partial charge in [-0.05, 0) is 49.8 Å². The molecular weight excluding hydrogens is 614 g/mol. The van der Waals surface area contributed by atoms with Gasteiger partial charge in [0.25, 0.3) is 0 Å². The maximum absolute atomic E-state index is 14.6. The molecule has 6 aliphatic rings. The van der Waals surface area contributed by atoms with Crippen LogP contribution in [-0.4, -0.2) is 113 Å². The molecule has 14 heteroatoms. The number of hydroxylamine groups is 2. The van der Waals surface area contributed by atoms with Crippen molar-refractivity contribution in [2.75, 3.05) is 26.4 Å². The van der Waals surface area contributed by atoms with Gasteiger partial charge in [-0.1, -0.05) is 24.3 Å². The van der Waals surface area contributed by atoms with Crippen molar-refractivity contribution in [3.63, 3.8) is 0 Å². The summed E-state index contributed by atoms with van der Waals surface area (Å²) in [6, 6.07) is 4.98. The Morgan fingerprint density at radius 2 is 1.87 bits per heavy atom. The molecule has 3 aliphatic carbocycles. The number of benzene rings is 1. The number of rotatable bonds is 14. The van der Waals surface area contributed by atoms with Crippen molar-refractivity contribution in [2.45, 2.75) is 94.0 Å². The SMILES string of the molecule is C[C@H](O)[C@@H](NC(=O)[C@@]12C[C@H]3OC(=O)[C@@H]1N(Cc1cccc(C=COCCO)c1)O[C@@H]2[C@H]1OC(C2CC2)(C2CC2)O[C@H]13)C(=O)NCCO. The number of carbonyl (C=O) groups excluding carboxylic acids is 3. The van der Waals surface area contributed by atoms with Crippen LogP contribution in [0.1, 0.15) is 50.2 Å². The normalized spacial score (nSPS) is 33.6. The molecule has 7 rings (SSSR count). The van der Waals surface area contributed by atoms with E-state index in [1.54, 1.807) is 6.08 Å². The van der Waals surface area contributed by atoms with E-state index < -0.39 is 71.6 Å². The molecule has 256 valence electrons. The lowest BCUT2D eigenvalue weighted by molar-refractivity contribution is -0.235. The molecule has 2 amide bonds. The second-order valence-electron chi connectivity index (χ2n) is 13.5. The number of esters is 1. The van der Waals surface area contributed by atoms with Gasteiger partial charge in [0, 0.05) is 24.8 Å². The van der Waals surface area contributed by atoms with Crippen LogP contribution in [0.4, 0.5) is 0 Å². The number of fused-ring (bicyclic) bond motifs is 4. The van der Waals surface area contributed by atoms with E-state index in [9.17, 15) is 24.6 Å². The third kappa shape index (κ3) is 5.73. The molecule has 0 spiro atoms. The zero-order valence-electron chi connectivity index (χ0n) is 26.3. The number of carbonyl (C=O) groups is 3. The van der Waals surface area contributed by atoms with Crippen molar-refractivity contribution in [3.05, 3.63) is 41.7 Å². The Labute approximate surface area is 272 Å². The van der Waals surface area contributed by atoms with Gasteiger partial charge in [0.2, 0.25) is 11.8 Å². The summed E-state index contributed by atoms with van der Waals surface area (Å²) >= 11 is 0. The molecule has 3 heterocycles. The number of ether oxygens (including phenoxy) is 4. The summed E-state index contributed by atoms with van der Waals surface area (Å²) < 4.78 is 24.9. The number of aliphatic hydroxyl groups is 3. The molecule has 0 radical (unpaired) electrons. The summed E-state index contributed by atoms with van der Waals surface area (Å²) in [5.74, 6) is -2.29. The minimum Gasteiger partial charge on any atom is -0.499 e. The predicted molar refractivity (Wildman–Crippen MR) is 161 cm³/mol. The fourth-order valence-electron chi connectivity index (χ4n) is 7.86. The van der Waals surface area contributed by atoms with Crippen molar-refractivity contribution in [2.24, 2.45) is 17.3 Å². The minimum atomic E-state index is -1.52. The van der Waals surface area contributed by atoms with E-state index in [1.807, 2.05) is 24.3 Å². The molecule has 3 saturated carbocycles. The van der Waals surface area contributed by atoms with Crippen LogP contribution in [0.15, 0.2) is 30.5 Å². The van der Waals surface area contributed by atoms with Gasteiger partial charge in [0.1, 0.15) is 42.5 Å². The lowest BCUT2D eigenvalue weighted by Gasteiger charge is -2.49. The third-order valence-electron chi connectivity index (χ3n) is 10.2. The number of hydrogen-bond acceptors (Lipinski definition) is 12. The van der Waals surface area contributed by atoms with E-state index in [0.717, 1.165) is 36.8 Å². The fourth-order valence-corrected chi connectivity index (χ4v) is 7.86. The van der Waals surface area contributed by atoms with Crippen LogP contribution in [0.2, 0.25) is 0 Å². The Morgan fingerprint density at radius 3 is 2.55 bits per heavy atom. The van der Waals surface area contributed by atoms with E-state index in [0.29, 0.717) is 0 Å². The van der Waals surface area contributed by atoms with Crippen molar-refractivity contribution >= 4 is 23.9 Å². The van der Waals surface area contributed by atoms with Crippen LogP contribution in [0, 0.1) is 17.3 Å². The Balaban J connectivity index is 1.22. The van der Waals surface area contributed by atoms with Gasteiger partial charge in [-0.25, -0.2) is 0 Å². The summed E-state index contributed by atoms with van der Waals surface area (Å²) in [5, 5.41) is 35.4. The fraction of sp³-hybridized carbons (Fsp3) is 0.667. The second kappa shape index (κ2) is 12.7. The van der Waals surface area contributed by atoms with Gasteiger partial charge < -0.3 is 44.9 Å². The number of hydrogen-bond donors (Lipinski definition) is 5. The Morgan fingerprint density at radius 1 is 1.13 bits per heavy atom. The predicted octanol–water partition coefficient (Wildman–Crippen LogP) is -0.259. The quantitative estimate of drug-likeness (QED) is 0.101. The zero-order valence-corrected chi connectivity index (χ0v) is 26.3. The van der Waals surface area contributed by atoms with Gasteiger partial charge in [-0.2, -0.15) is 5.06 Å². The maximum atomic E-state index is 14.6. The smallest absolute Gasteiger partial charge is 0.327 e. The first kappa shape index (κ1) is 32.4. The standard InChI is InChI=1S/C33H43N3O11/c1-18(39)24(29(40)34-10-11-37)35-31(42)32-16-23-25-26(46-33(45-25,21-5-6-21)22-7-8-22)28(32)47-36(27(32)30(41)44-23)17-20-4-2-3-19(15-20)9-13-43-14-12-38/h2-4,9,13,15,18,21-28,37-39H,5-8,10-12,14,16-17H2,1H3,(H,34,40)(H,35,42)/t18-,23+,24+,25-,26-,27-,28+,32-/m0/s1. The minimum absolute atomic E-state index is 0.0548. The molecule has 1 aromatic carbocycles. The summed E-state index contributed by atoms with van der Waals surface area (Å²) in [5.41, 5.74) is 0.0816. The van der Waals surface area contributed by atoms with Gasteiger partial charge in [-0.3, -0.25) is 19.2 Å². The largest absolute Gasteiger partial charge is 0.499 e. The van der Waals surface area contributed by atoms with Gasteiger partial charge in [-0.15, -0.1) is 0 Å². The number of nitrogens with zero attached hydrogens (tertiary/aromatic N) is 1. The lowest BCUT2D eigenvalue weighted by Crippen LogP contribution is -2.71. The Hall–Kier alpha value is -3.11. The summed E-state index contributed by atoms with van der Waals surface area (Å²) in [6.07, 6.45) is 2.90. The summed E-state index contributed by atoms with van der Waals surface area (Å²) in [4.78, 5) is 48.1. The summed E-state index contributed by atoms with van der Waals surface area (Å²) in [6.45, 7) is 1.21. The highest BCUT2D eigenvalue weighted by Crippen LogP contribution is 2.63. The van der Waals surface area contributed by atoms with Crippen molar-refractivity contribution in [1.82, 2.24) is 15.7 Å². The average molecular weight is 658 g/mol. The summed E-state index contributed by atoms with van der Waals surface area (Å²) in [7, 11) is 0. The van der Waals surface area contributed by atoms with E-state index in [1.165, 1.54) is 18.2 Å². The van der Waals surface area contributed by atoms with E-state index in [-0.39, 0.29) is 51.2 Å². The molecule has 5 N–H and O–H groups in total. The molecule has 3 saturated heterocycles. The van der Waals surface area contributed by atoms with Crippen LogP contribution < -0.4 is 10.6 Å². The van der Waals surface area contributed by atoms with Gasteiger partial charge in [0.05, 0.1) is 32.1 Å². The van der Waals surface area contributed by atoms with Gasteiger partial charge in [0.15, 0.2) is 11.8 Å². The average Bonchev–Trinajstić information content (AvgIpc) is 4.00. The van der Waals surface area contributed by atoms with Crippen LogP contribution in [0.25, 0.3) is 6.08 Å². The molecular formula is C33H43N3O11. The molecule has 1 aromatic rings. The van der Waals surface area contributed by atoms with Crippen LogP contribution in [0.3, 0.4) is 0 Å². The topological polar surface area (TPSA) is 185 Å². The lowest BCUT2D eigenvalue weighted by atomic mass is 9.62. The molecule has 14 nitrogen and oxygen atoms in total. The highest BCUT2D eigenvalue weighted by Gasteiger charge is 2.78. The molecule has 8 atom stereocenters. The van der Waals surface area contributed by atoms with Crippen LogP contribution in [0.5, 0.6) is 0 Å². The molecule has 2 bridgehead atoms. The molecule has 47 heavy (non-hydrogen) atoms. The van der Waals surface area contributed by atoms with E-state index >= 15 is 0 Å². The van der Waals surface area contributed by atoms with Crippen molar-refractivity contribution in [3.8, 4) is 0 Å². The first-order chi connectivity index (χ1) is 22.7. The van der Waals surface area contributed by atoms with Crippen LogP contribution in [-0.2, 0) is 44.7 Å². The first-order valence-corrected chi connectivity index (χ1v) is 16.6. The highest BCUT2D eigenvalue weighted by atomic mass is 16.8. The zero-order chi connectivity index (χ0) is 32.9. The molecule has 6 fully saturated rings. The maximum Gasteiger partial charge on any atom is 0.327 e. The van der Waals surface area contributed by atoms with E-state index in [4.69, 9.17) is 28.9 Å². The third-order valence-corrected chi connectivity index (χ3v) is 10.2. The second-order valence-corrected chi connectivity index (χ2v) is 13.5. The molecule has 0 unspecified atom stereocenters. The Bertz CT molecular complexity index is 1390. The first-order valence-electron chi connectivity index (χ1n) is 16.6. The van der Waals surface area contributed by atoms with E-state index in [2.05, 4.69) is 10.6 Å². The molecule has 0 aromatic heterocycles. The van der Waals surface area contributed by atoms with Crippen molar-refractivity contribution in [1.29, 1.82) is 0 Å². The number of nitrogens with one attached hydrogen (secondary N) is 2. The highest BCUT2D eigenvalue weighted by molar-refractivity contribution is 5.96.